The van der Waals surface area contributed by atoms with Crippen molar-refractivity contribution >= 4 is 47.3 Å². The number of nitrogens with zero attached hydrogens (tertiary/aromatic N) is 3. The zero-order chi connectivity index (χ0) is 24.4. The van der Waals surface area contributed by atoms with Crippen molar-refractivity contribution in [1.29, 1.82) is 0 Å². The topological polar surface area (TPSA) is 192 Å². The highest BCUT2D eigenvalue weighted by molar-refractivity contribution is 8.01. The minimum absolute atomic E-state index is 0.125. The molecule has 0 saturated carbocycles. The fourth-order valence-electron chi connectivity index (χ4n) is 3.57. The Morgan fingerprint density at radius 1 is 1.29 bits per heavy atom. The van der Waals surface area contributed by atoms with E-state index in [-0.39, 0.29) is 28.9 Å². The number of β-lactam (4-membered cyclic amide) rings is 1. The van der Waals surface area contributed by atoms with Crippen LogP contribution in [-0.2, 0) is 25.6 Å². The molecule has 14 heteroatoms. The van der Waals surface area contributed by atoms with Gasteiger partial charge in [-0.1, -0.05) is 42.1 Å². The van der Waals surface area contributed by atoms with Gasteiger partial charge in [0.2, 0.25) is 11.1 Å². The van der Waals surface area contributed by atoms with Crippen LogP contribution in [0.4, 0.5) is 0 Å². The molecule has 2 aliphatic rings. The maximum Gasteiger partial charge on any atom is 0.352 e. The molecular weight excluding hydrogens is 484 g/mol. The molecule has 2 amide bonds. The molecule has 1 aromatic carbocycles. The zero-order valence-electron chi connectivity index (χ0n) is 17.5. The third-order valence-corrected chi connectivity index (χ3v) is 7.47. The Morgan fingerprint density at radius 3 is 2.71 bits per heavy atom. The molecule has 6 N–H and O–H groups in total. The number of hydrogen-bond acceptors (Lipinski definition) is 9. The molecule has 3 heterocycles. The third kappa shape index (κ3) is 4.78. The van der Waals surface area contributed by atoms with Gasteiger partial charge in [0.25, 0.3) is 5.91 Å². The van der Waals surface area contributed by atoms with Gasteiger partial charge >= 0.3 is 11.9 Å². The number of carbonyl (C=O) groups is 4. The summed E-state index contributed by atoms with van der Waals surface area (Å²) in [5, 5.41) is 27.4. The van der Waals surface area contributed by atoms with Gasteiger partial charge in [0.15, 0.2) is 0 Å². The largest absolute Gasteiger partial charge is 0.481 e. The van der Waals surface area contributed by atoms with Crippen molar-refractivity contribution in [3.63, 3.8) is 0 Å². The number of thioether (sulfide) groups is 2. The van der Waals surface area contributed by atoms with Crippen LogP contribution in [0.1, 0.15) is 17.4 Å². The Kier molecular flexibility index (Phi) is 6.90. The maximum absolute atomic E-state index is 12.8. The molecule has 1 saturated heterocycles. The summed E-state index contributed by atoms with van der Waals surface area (Å²) in [6.45, 7) is 0. The number of H-pyrrole nitrogens is 1. The van der Waals surface area contributed by atoms with Gasteiger partial charge in [0.05, 0.1) is 0 Å². The van der Waals surface area contributed by atoms with E-state index in [2.05, 4.69) is 20.5 Å². The highest BCUT2D eigenvalue weighted by Crippen LogP contribution is 2.41. The first-order chi connectivity index (χ1) is 16.3. The number of nitrogens with one attached hydrogen (secondary N) is 2. The molecule has 178 valence electrons. The molecule has 4 rings (SSSR count). The predicted molar refractivity (Wildman–Crippen MR) is 122 cm³/mol. The summed E-state index contributed by atoms with van der Waals surface area (Å²) in [5.74, 6) is -2.63. The molecule has 2 aromatic rings. The maximum atomic E-state index is 12.8. The first-order valence-electron chi connectivity index (χ1n) is 10.0. The smallest absolute Gasteiger partial charge is 0.352 e. The molecular formula is C20H20N6O6S2. The summed E-state index contributed by atoms with van der Waals surface area (Å²) in [7, 11) is 0. The highest BCUT2D eigenvalue weighted by atomic mass is 32.2. The average Bonchev–Trinajstić information content (AvgIpc) is 3.26. The number of aromatic amines is 1. The molecule has 34 heavy (non-hydrogen) atoms. The fraction of sp³-hybridized carbons (Fsp3) is 0.300. The molecule has 2 aliphatic heterocycles. The quantitative estimate of drug-likeness (QED) is 0.227. The number of amides is 2. The van der Waals surface area contributed by atoms with Crippen molar-refractivity contribution in [1.82, 2.24) is 25.4 Å². The van der Waals surface area contributed by atoms with Crippen molar-refractivity contribution in [2.45, 2.75) is 29.0 Å². The molecule has 0 radical (unpaired) electrons. The lowest BCUT2D eigenvalue weighted by atomic mass is 10.0. The van der Waals surface area contributed by atoms with Crippen molar-refractivity contribution < 1.29 is 29.4 Å². The number of benzene rings is 1. The van der Waals surface area contributed by atoms with Gasteiger partial charge in [-0.25, -0.2) is 9.78 Å². The first kappa shape index (κ1) is 23.8. The summed E-state index contributed by atoms with van der Waals surface area (Å²) >= 11 is 2.47. The molecule has 1 unspecified atom stereocenters. The lowest BCUT2D eigenvalue weighted by Crippen LogP contribution is -2.71. The number of carboxylic acids is 2. The second-order valence-electron chi connectivity index (χ2n) is 7.47. The molecule has 0 aliphatic carbocycles. The monoisotopic (exact) mass is 504 g/mol. The van der Waals surface area contributed by atoms with Crippen LogP contribution < -0.4 is 11.1 Å². The Hall–Kier alpha value is -3.36. The van der Waals surface area contributed by atoms with Crippen molar-refractivity contribution in [2.75, 3.05) is 11.5 Å². The minimum Gasteiger partial charge on any atom is -0.481 e. The van der Waals surface area contributed by atoms with Gasteiger partial charge in [0.1, 0.15) is 35.4 Å². The van der Waals surface area contributed by atoms with Gasteiger partial charge in [-0.05, 0) is 11.1 Å². The Labute approximate surface area is 201 Å². The summed E-state index contributed by atoms with van der Waals surface area (Å²) in [4.78, 5) is 53.4. The summed E-state index contributed by atoms with van der Waals surface area (Å²) in [6.07, 6.45) is -0.308. The second kappa shape index (κ2) is 9.87. The fourth-order valence-corrected chi connectivity index (χ4v) is 5.87. The van der Waals surface area contributed by atoms with Crippen LogP contribution >= 0.6 is 23.5 Å². The van der Waals surface area contributed by atoms with Crippen molar-refractivity contribution in [3.05, 3.63) is 53.0 Å². The second-order valence-corrected chi connectivity index (χ2v) is 9.51. The normalized spacial score (nSPS) is 20.4. The van der Waals surface area contributed by atoms with Crippen LogP contribution in [0.15, 0.2) is 46.8 Å². The van der Waals surface area contributed by atoms with E-state index in [1.54, 1.807) is 30.3 Å². The van der Waals surface area contributed by atoms with E-state index in [4.69, 9.17) is 10.8 Å². The van der Waals surface area contributed by atoms with Gasteiger partial charge < -0.3 is 21.3 Å². The van der Waals surface area contributed by atoms with E-state index >= 15 is 0 Å². The summed E-state index contributed by atoms with van der Waals surface area (Å²) in [5.41, 5.74) is 6.98. The van der Waals surface area contributed by atoms with Gasteiger partial charge in [0, 0.05) is 11.5 Å². The van der Waals surface area contributed by atoms with E-state index < -0.39 is 41.2 Å². The van der Waals surface area contributed by atoms with E-state index in [0.717, 1.165) is 11.8 Å². The zero-order valence-corrected chi connectivity index (χ0v) is 19.1. The first-order valence-corrected chi connectivity index (χ1v) is 12.1. The van der Waals surface area contributed by atoms with Gasteiger partial charge in [-0.3, -0.25) is 24.4 Å². The Balaban J connectivity index is 1.43. The molecule has 0 bridgehead atoms. The van der Waals surface area contributed by atoms with Crippen LogP contribution in [0, 0.1) is 0 Å². The number of carbonyl (C=O) groups excluding carboxylic acids is 2. The van der Waals surface area contributed by atoms with Crippen LogP contribution in [0.3, 0.4) is 0 Å². The van der Waals surface area contributed by atoms with Gasteiger partial charge in [-0.2, -0.15) is 0 Å². The number of hydrogen-bond donors (Lipinski definition) is 5. The van der Waals surface area contributed by atoms with E-state index in [9.17, 15) is 24.3 Å². The lowest BCUT2D eigenvalue weighted by Gasteiger charge is -2.49. The number of nitrogens with two attached hydrogens (primary N) is 1. The standard InChI is InChI=1S/C20H20N6O6S2/c21-13(9-4-2-1-3-5-9)16(29)23-14-17(30)26-15(19(31)32)10(7-33-18(14)26)8-34-20-22-11(24-25-20)6-12(27)28/h1-5,13-14,18H,6-8,21H2,(H,23,29)(H,27,28)(H,31,32)(H,22,24,25)/t13-,14?,18-/m1/s1. The number of carboxylic acid groups (broad SMARTS) is 2. The van der Waals surface area contributed by atoms with Crippen molar-refractivity contribution in [3.8, 4) is 0 Å². The molecule has 3 atom stereocenters. The van der Waals surface area contributed by atoms with E-state index in [0.29, 0.717) is 16.9 Å². The highest BCUT2D eigenvalue weighted by Gasteiger charge is 2.54. The molecule has 12 nitrogen and oxygen atoms in total. The molecule has 0 spiro atoms. The number of aromatic nitrogens is 3. The Morgan fingerprint density at radius 2 is 2.03 bits per heavy atom. The summed E-state index contributed by atoms with van der Waals surface area (Å²) < 4.78 is 0. The number of rotatable bonds is 9. The van der Waals surface area contributed by atoms with Gasteiger partial charge in [-0.15, -0.1) is 16.9 Å². The summed E-state index contributed by atoms with van der Waals surface area (Å²) in [6, 6.07) is 6.90. The molecule has 1 fully saturated rings. The number of aliphatic carboxylic acids is 2. The Bertz CT molecular complexity index is 1170. The van der Waals surface area contributed by atoms with E-state index in [1.807, 2.05) is 0 Å². The van der Waals surface area contributed by atoms with Crippen molar-refractivity contribution in [2.24, 2.45) is 5.73 Å². The lowest BCUT2D eigenvalue weighted by molar-refractivity contribution is -0.150. The van der Waals surface area contributed by atoms with Crippen LogP contribution in [-0.4, -0.2) is 77.0 Å². The van der Waals surface area contributed by atoms with Crippen LogP contribution in [0.25, 0.3) is 0 Å². The van der Waals surface area contributed by atoms with Crippen LogP contribution in [0.2, 0.25) is 0 Å². The van der Waals surface area contributed by atoms with Crippen LogP contribution in [0.5, 0.6) is 0 Å². The predicted octanol–water partition coefficient (Wildman–Crippen LogP) is -0.0375. The van der Waals surface area contributed by atoms with E-state index in [1.165, 1.54) is 16.7 Å². The molecule has 1 aromatic heterocycles. The number of fused-ring (bicyclic) bond motifs is 1. The third-order valence-electron chi connectivity index (χ3n) is 5.19. The SMILES string of the molecule is N[C@@H](C(=O)NC1C(=O)N2C(C(=O)O)=C(CSc3n[nH]c(CC(=O)O)n3)CS[C@H]12)c1ccccc1. The average molecular weight is 505 g/mol. The minimum atomic E-state index is -1.25.